The molecule has 1 spiro atoms. The van der Waals surface area contributed by atoms with Gasteiger partial charge < -0.3 is 19.5 Å². The second-order valence-electron chi connectivity index (χ2n) is 6.82. The summed E-state index contributed by atoms with van der Waals surface area (Å²) in [6.07, 6.45) is 8.64. The highest BCUT2D eigenvalue weighted by Crippen LogP contribution is 2.38. The molecule has 1 aromatic rings. The number of nitrogens with one attached hydrogen (secondary N) is 1. The zero-order chi connectivity index (χ0) is 16.1. The fourth-order valence-electron chi connectivity index (χ4n) is 3.67. The van der Waals surface area contributed by atoms with Crippen LogP contribution in [-0.2, 0) is 11.3 Å². The molecule has 23 heavy (non-hydrogen) atoms. The molecule has 0 radical (unpaired) electrons. The van der Waals surface area contributed by atoms with Gasteiger partial charge in [-0.1, -0.05) is 0 Å². The molecule has 1 atom stereocenters. The minimum atomic E-state index is 0.385. The average Bonchev–Trinajstić information content (AvgIpc) is 3.28. The van der Waals surface area contributed by atoms with E-state index in [2.05, 4.69) is 37.9 Å². The van der Waals surface area contributed by atoms with Crippen molar-refractivity contribution in [2.24, 2.45) is 10.4 Å². The van der Waals surface area contributed by atoms with Crippen molar-refractivity contribution in [1.82, 2.24) is 19.8 Å². The molecule has 2 fully saturated rings. The normalized spacial score (nSPS) is 24.8. The number of nitrogens with zero attached hydrogens (tertiary/aromatic N) is 4. The third-order valence-electron chi connectivity index (χ3n) is 5.17. The van der Waals surface area contributed by atoms with Crippen molar-refractivity contribution >= 4 is 5.96 Å². The van der Waals surface area contributed by atoms with Gasteiger partial charge in [-0.15, -0.1) is 0 Å². The fourth-order valence-corrected chi connectivity index (χ4v) is 3.67. The molecule has 0 saturated carbocycles. The van der Waals surface area contributed by atoms with Gasteiger partial charge >= 0.3 is 0 Å². The number of hydrogen-bond donors (Lipinski definition) is 1. The summed E-state index contributed by atoms with van der Waals surface area (Å²) in [5.74, 6) is 2.14. The van der Waals surface area contributed by atoms with Gasteiger partial charge in [-0.3, -0.25) is 4.99 Å². The smallest absolute Gasteiger partial charge is 0.193 e. The predicted octanol–water partition coefficient (Wildman–Crippen LogP) is 1.66. The van der Waals surface area contributed by atoms with Crippen LogP contribution in [0.5, 0.6) is 0 Å². The van der Waals surface area contributed by atoms with E-state index in [0.29, 0.717) is 5.41 Å². The Morgan fingerprint density at radius 2 is 2.35 bits per heavy atom. The van der Waals surface area contributed by atoms with Crippen LogP contribution in [0.1, 0.15) is 31.5 Å². The van der Waals surface area contributed by atoms with Crippen molar-refractivity contribution in [2.75, 3.05) is 39.9 Å². The Labute approximate surface area is 138 Å². The Kier molecular flexibility index (Phi) is 5.20. The van der Waals surface area contributed by atoms with E-state index in [-0.39, 0.29) is 0 Å². The van der Waals surface area contributed by atoms with E-state index in [1.807, 2.05) is 13.2 Å². The van der Waals surface area contributed by atoms with Crippen molar-refractivity contribution < 1.29 is 4.74 Å². The number of guanidine groups is 1. The molecule has 2 saturated heterocycles. The highest BCUT2D eigenvalue weighted by atomic mass is 16.5. The number of unbranched alkanes of at least 4 members (excludes halogenated alkanes) is 1. The Morgan fingerprint density at radius 3 is 3.04 bits per heavy atom. The maximum atomic E-state index is 5.61. The van der Waals surface area contributed by atoms with Crippen LogP contribution in [0.4, 0.5) is 0 Å². The second kappa shape index (κ2) is 7.34. The van der Waals surface area contributed by atoms with Crippen LogP contribution in [0.2, 0.25) is 0 Å². The largest absolute Gasteiger partial charge is 0.381 e. The molecule has 0 bridgehead atoms. The van der Waals surface area contributed by atoms with Gasteiger partial charge in [0.15, 0.2) is 5.96 Å². The summed E-state index contributed by atoms with van der Waals surface area (Å²) in [4.78, 5) is 11.1. The lowest BCUT2D eigenvalue weighted by Crippen LogP contribution is -2.41. The van der Waals surface area contributed by atoms with Crippen molar-refractivity contribution in [1.29, 1.82) is 0 Å². The van der Waals surface area contributed by atoms with Crippen molar-refractivity contribution in [3.05, 3.63) is 18.2 Å². The van der Waals surface area contributed by atoms with E-state index in [4.69, 9.17) is 4.74 Å². The van der Waals surface area contributed by atoms with E-state index in [1.165, 1.54) is 12.8 Å². The molecular weight excluding hydrogens is 290 g/mol. The maximum Gasteiger partial charge on any atom is 0.193 e. The van der Waals surface area contributed by atoms with E-state index in [9.17, 15) is 0 Å². The van der Waals surface area contributed by atoms with Crippen LogP contribution in [0.25, 0.3) is 0 Å². The van der Waals surface area contributed by atoms with Gasteiger partial charge in [0.1, 0.15) is 5.82 Å². The fraction of sp³-hybridized carbons (Fsp3) is 0.765. The lowest BCUT2D eigenvalue weighted by atomic mass is 9.87. The first-order valence-corrected chi connectivity index (χ1v) is 8.74. The van der Waals surface area contributed by atoms with Crippen molar-refractivity contribution in [3.8, 4) is 0 Å². The first kappa shape index (κ1) is 16.3. The number of hydrogen-bond acceptors (Lipinski definition) is 3. The average molecular weight is 319 g/mol. The van der Waals surface area contributed by atoms with Crippen LogP contribution in [0, 0.1) is 12.3 Å². The third-order valence-corrected chi connectivity index (χ3v) is 5.17. The molecule has 0 aliphatic carbocycles. The molecular formula is C17H29N5O. The molecule has 6 nitrogen and oxygen atoms in total. The van der Waals surface area contributed by atoms with Crippen molar-refractivity contribution in [2.45, 2.75) is 39.2 Å². The first-order valence-electron chi connectivity index (χ1n) is 8.74. The summed E-state index contributed by atoms with van der Waals surface area (Å²) < 4.78 is 7.82. The Balaban J connectivity index is 1.38. The van der Waals surface area contributed by atoms with E-state index in [0.717, 1.165) is 64.0 Å². The van der Waals surface area contributed by atoms with Gasteiger partial charge in [-0.05, 0) is 32.6 Å². The van der Waals surface area contributed by atoms with E-state index < -0.39 is 0 Å². The first-order chi connectivity index (χ1) is 11.2. The molecule has 2 aliphatic heterocycles. The van der Waals surface area contributed by atoms with Crippen LogP contribution in [0.15, 0.2) is 17.4 Å². The molecule has 0 amide bonds. The molecule has 1 aromatic heterocycles. The summed E-state index contributed by atoms with van der Waals surface area (Å²) >= 11 is 0. The lowest BCUT2D eigenvalue weighted by Gasteiger charge is -2.25. The van der Waals surface area contributed by atoms with Gasteiger partial charge in [0.2, 0.25) is 0 Å². The molecule has 6 heteroatoms. The van der Waals surface area contributed by atoms with Crippen LogP contribution < -0.4 is 5.32 Å². The number of imidazole rings is 1. The molecule has 1 N–H and O–H groups in total. The topological polar surface area (TPSA) is 54.7 Å². The number of ether oxygens (including phenoxy) is 1. The van der Waals surface area contributed by atoms with Crippen LogP contribution >= 0.6 is 0 Å². The summed E-state index contributed by atoms with van der Waals surface area (Å²) in [6.45, 7) is 8.09. The van der Waals surface area contributed by atoms with Gasteiger partial charge in [0.25, 0.3) is 0 Å². The number of likely N-dealkylation sites (tertiary alicyclic amines) is 1. The number of aryl methyl sites for hydroxylation is 2. The highest BCUT2D eigenvalue weighted by molar-refractivity contribution is 5.80. The minimum absolute atomic E-state index is 0.385. The molecule has 3 heterocycles. The summed E-state index contributed by atoms with van der Waals surface area (Å²) in [6, 6.07) is 0. The van der Waals surface area contributed by atoms with Gasteiger partial charge in [0.05, 0.1) is 6.61 Å². The van der Waals surface area contributed by atoms with Crippen LogP contribution in [0.3, 0.4) is 0 Å². The zero-order valence-corrected chi connectivity index (χ0v) is 14.4. The highest BCUT2D eigenvalue weighted by Gasteiger charge is 2.42. The number of rotatable bonds is 5. The monoisotopic (exact) mass is 319 g/mol. The molecule has 1 unspecified atom stereocenters. The molecule has 2 aliphatic rings. The maximum absolute atomic E-state index is 5.61. The van der Waals surface area contributed by atoms with Crippen molar-refractivity contribution in [3.63, 3.8) is 0 Å². The zero-order valence-electron chi connectivity index (χ0n) is 14.4. The Hall–Kier alpha value is -1.56. The Bertz CT molecular complexity index is 533. The lowest BCUT2D eigenvalue weighted by molar-refractivity contribution is 0.156. The Morgan fingerprint density at radius 1 is 1.43 bits per heavy atom. The second-order valence-corrected chi connectivity index (χ2v) is 6.82. The number of aromatic nitrogens is 2. The quantitative estimate of drug-likeness (QED) is 0.509. The summed E-state index contributed by atoms with van der Waals surface area (Å²) in [5.41, 5.74) is 0.385. The standard InChI is InChI=1S/C17H29N5O/c1-15-19-8-11-21(15)9-4-3-7-20-16(18-2)22-10-5-17(13-22)6-12-23-14-17/h8,11H,3-7,9-10,12-14H2,1-2H3,(H,18,20). The third kappa shape index (κ3) is 3.86. The minimum Gasteiger partial charge on any atom is -0.381 e. The SMILES string of the molecule is CN=C(NCCCCn1ccnc1C)N1CCC2(CCOC2)C1. The summed E-state index contributed by atoms with van der Waals surface area (Å²) in [5, 5.41) is 3.52. The van der Waals surface area contributed by atoms with Gasteiger partial charge in [-0.25, -0.2) is 4.98 Å². The number of aliphatic imine (C=N–C) groups is 1. The van der Waals surface area contributed by atoms with Gasteiger partial charge in [-0.2, -0.15) is 0 Å². The molecule has 0 aromatic carbocycles. The molecule has 3 rings (SSSR count). The molecule has 128 valence electrons. The predicted molar refractivity (Wildman–Crippen MR) is 91.6 cm³/mol. The van der Waals surface area contributed by atoms with Crippen LogP contribution in [-0.4, -0.2) is 60.3 Å². The van der Waals surface area contributed by atoms with E-state index >= 15 is 0 Å². The van der Waals surface area contributed by atoms with E-state index in [1.54, 1.807) is 0 Å². The van der Waals surface area contributed by atoms with Gasteiger partial charge in [0, 0.05) is 57.6 Å². The summed E-state index contributed by atoms with van der Waals surface area (Å²) in [7, 11) is 1.88.